The first-order valence-corrected chi connectivity index (χ1v) is 5.19. The number of nitrogen functional groups attached to an aromatic ring is 1. The molecule has 0 aliphatic heterocycles. The van der Waals surface area contributed by atoms with Crippen LogP contribution in [-0.2, 0) is 11.3 Å². The van der Waals surface area contributed by atoms with E-state index in [0.717, 1.165) is 0 Å². The molecule has 0 fully saturated rings. The molecule has 4 nitrogen and oxygen atoms in total. The van der Waals surface area contributed by atoms with Gasteiger partial charge < -0.3 is 15.0 Å². The second-order valence-electron chi connectivity index (χ2n) is 3.47. The largest absolute Gasteiger partial charge is 0.380 e. The number of nitrogens with zero attached hydrogens (tertiary/aromatic N) is 1. The molecule has 0 atom stereocenters. The van der Waals surface area contributed by atoms with Crippen molar-refractivity contribution in [1.82, 2.24) is 5.16 Å². The summed E-state index contributed by atoms with van der Waals surface area (Å²) in [6, 6.07) is 4.41. The van der Waals surface area contributed by atoms with E-state index >= 15 is 0 Å². The van der Waals surface area contributed by atoms with Gasteiger partial charge in [0.1, 0.15) is 11.5 Å². The standard InChI is InChI=1S/C11H10ClFN2O2/c1-16-5-7-8(12)2-6(3-9(7)13)10-4-11(14)17-15-10/h2-4H,5,14H2,1H3. The summed E-state index contributed by atoms with van der Waals surface area (Å²) in [7, 11) is 1.47. The number of aromatic nitrogens is 1. The highest BCUT2D eigenvalue weighted by atomic mass is 35.5. The van der Waals surface area contributed by atoms with Gasteiger partial charge in [0, 0.05) is 29.3 Å². The third kappa shape index (κ3) is 2.40. The molecule has 0 unspecified atom stereocenters. The first kappa shape index (κ1) is 11.9. The molecule has 0 bridgehead atoms. The number of hydrogen-bond donors (Lipinski definition) is 1. The molecule has 90 valence electrons. The average molecular weight is 257 g/mol. The van der Waals surface area contributed by atoms with Gasteiger partial charge in [-0.05, 0) is 12.1 Å². The van der Waals surface area contributed by atoms with Crippen molar-refractivity contribution in [2.24, 2.45) is 0 Å². The molecular formula is C11H10ClFN2O2. The lowest BCUT2D eigenvalue weighted by Gasteiger charge is -2.06. The van der Waals surface area contributed by atoms with Gasteiger partial charge in [-0.3, -0.25) is 0 Å². The maximum absolute atomic E-state index is 13.7. The number of methoxy groups -OCH3 is 1. The predicted octanol–water partition coefficient (Wildman–Crippen LogP) is 2.86. The summed E-state index contributed by atoms with van der Waals surface area (Å²) in [6.45, 7) is 0.117. The molecule has 1 heterocycles. The SMILES string of the molecule is COCc1c(F)cc(-c2cc(N)on2)cc1Cl. The number of hydrogen-bond acceptors (Lipinski definition) is 4. The summed E-state index contributed by atoms with van der Waals surface area (Å²) in [4.78, 5) is 0. The average Bonchev–Trinajstić information content (AvgIpc) is 2.70. The molecule has 0 aliphatic carbocycles. The fraction of sp³-hybridized carbons (Fsp3) is 0.182. The zero-order chi connectivity index (χ0) is 12.4. The van der Waals surface area contributed by atoms with Gasteiger partial charge in [0.2, 0.25) is 5.88 Å². The number of nitrogens with two attached hydrogens (primary N) is 1. The van der Waals surface area contributed by atoms with Crippen LogP contribution in [0, 0.1) is 5.82 Å². The summed E-state index contributed by atoms with van der Waals surface area (Å²) < 4.78 is 23.3. The van der Waals surface area contributed by atoms with E-state index in [4.69, 9.17) is 26.6 Å². The van der Waals surface area contributed by atoms with Crippen LogP contribution in [-0.4, -0.2) is 12.3 Å². The smallest absolute Gasteiger partial charge is 0.222 e. The Labute approximate surface area is 102 Å². The topological polar surface area (TPSA) is 61.3 Å². The van der Waals surface area contributed by atoms with Crippen molar-refractivity contribution in [3.05, 3.63) is 34.6 Å². The van der Waals surface area contributed by atoms with E-state index in [0.29, 0.717) is 16.8 Å². The third-order valence-corrected chi connectivity index (χ3v) is 2.59. The molecule has 0 saturated heterocycles. The van der Waals surface area contributed by atoms with Gasteiger partial charge in [-0.2, -0.15) is 0 Å². The first-order chi connectivity index (χ1) is 8.11. The Morgan fingerprint density at radius 1 is 1.47 bits per heavy atom. The molecular weight excluding hydrogens is 247 g/mol. The van der Waals surface area contributed by atoms with Crippen LogP contribution in [0.4, 0.5) is 10.3 Å². The minimum absolute atomic E-state index is 0.117. The molecule has 2 N–H and O–H groups in total. The highest BCUT2D eigenvalue weighted by Crippen LogP contribution is 2.28. The molecule has 17 heavy (non-hydrogen) atoms. The lowest BCUT2D eigenvalue weighted by atomic mass is 10.1. The van der Waals surface area contributed by atoms with Crippen LogP contribution in [0.3, 0.4) is 0 Å². The van der Waals surface area contributed by atoms with Crippen LogP contribution in [0.5, 0.6) is 0 Å². The third-order valence-electron chi connectivity index (χ3n) is 2.25. The Balaban J connectivity index is 2.45. The van der Waals surface area contributed by atoms with Crippen molar-refractivity contribution in [3.8, 4) is 11.3 Å². The zero-order valence-corrected chi connectivity index (χ0v) is 9.79. The summed E-state index contributed by atoms with van der Waals surface area (Å²) in [5.41, 5.74) is 6.65. The van der Waals surface area contributed by atoms with Gasteiger partial charge in [-0.15, -0.1) is 0 Å². The van der Waals surface area contributed by atoms with E-state index in [1.165, 1.54) is 19.2 Å². The van der Waals surface area contributed by atoms with Crippen LogP contribution in [0.15, 0.2) is 22.7 Å². The molecule has 1 aromatic carbocycles. The normalized spacial score (nSPS) is 10.8. The summed E-state index contributed by atoms with van der Waals surface area (Å²) >= 11 is 5.96. The van der Waals surface area contributed by atoms with Gasteiger partial charge in [-0.25, -0.2) is 4.39 Å². The fourth-order valence-corrected chi connectivity index (χ4v) is 1.72. The van der Waals surface area contributed by atoms with Crippen LogP contribution < -0.4 is 5.73 Å². The van der Waals surface area contributed by atoms with Crippen molar-refractivity contribution in [3.63, 3.8) is 0 Å². The second-order valence-corrected chi connectivity index (χ2v) is 3.87. The number of anilines is 1. The highest BCUT2D eigenvalue weighted by Gasteiger charge is 2.12. The van der Waals surface area contributed by atoms with Crippen molar-refractivity contribution >= 4 is 17.5 Å². The number of rotatable bonds is 3. The molecule has 0 spiro atoms. The monoisotopic (exact) mass is 256 g/mol. The predicted molar refractivity (Wildman–Crippen MR) is 62.0 cm³/mol. The van der Waals surface area contributed by atoms with Gasteiger partial charge in [0.25, 0.3) is 0 Å². The van der Waals surface area contributed by atoms with Crippen molar-refractivity contribution in [2.75, 3.05) is 12.8 Å². The van der Waals surface area contributed by atoms with Gasteiger partial charge in [-0.1, -0.05) is 16.8 Å². The van der Waals surface area contributed by atoms with E-state index in [2.05, 4.69) is 5.16 Å². The van der Waals surface area contributed by atoms with Crippen LogP contribution in [0.1, 0.15) is 5.56 Å². The number of benzene rings is 1. The number of halogens is 2. The zero-order valence-electron chi connectivity index (χ0n) is 9.04. The lowest BCUT2D eigenvalue weighted by Crippen LogP contribution is -1.95. The summed E-state index contributed by atoms with van der Waals surface area (Å²) in [5, 5.41) is 3.97. The van der Waals surface area contributed by atoms with Crippen LogP contribution in [0.25, 0.3) is 11.3 Å². The van der Waals surface area contributed by atoms with Crippen molar-refractivity contribution in [2.45, 2.75) is 6.61 Å². The second kappa shape index (κ2) is 4.73. The van der Waals surface area contributed by atoms with E-state index in [-0.39, 0.29) is 17.5 Å². The lowest BCUT2D eigenvalue weighted by molar-refractivity contribution is 0.181. The molecule has 1 aromatic heterocycles. The van der Waals surface area contributed by atoms with Crippen LogP contribution >= 0.6 is 11.6 Å². The van der Waals surface area contributed by atoms with E-state index in [9.17, 15) is 4.39 Å². The molecule has 0 amide bonds. The molecule has 2 rings (SSSR count). The minimum atomic E-state index is -0.448. The molecule has 0 saturated carbocycles. The van der Waals surface area contributed by atoms with Gasteiger partial charge in [0.05, 0.1) is 6.61 Å². The van der Waals surface area contributed by atoms with Gasteiger partial charge >= 0.3 is 0 Å². The van der Waals surface area contributed by atoms with Gasteiger partial charge in [0.15, 0.2) is 0 Å². The summed E-state index contributed by atoms with van der Waals surface area (Å²) in [6.07, 6.45) is 0. The Hall–Kier alpha value is -1.59. The van der Waals surface area contributed by atoms with E-state index in [1.807, 2.05) is 0 Å². The minimum Gasteiger partial charge on any atom is -0.380 e. The molecule has 6 heteroatoms. The molecule has 0 aliphatic rings. The van der Waals surface area contributed by atoms with Crippen LogP contribution in [0.2, 0.25) is 5.02 Å². The van der Waals surface area contributed by atoms with E-state index < -0.39 is 5.82 Å². The van der Waals surface area contributed by atoms with E-state index in [1.54, 1.807) is 6.07 Å². The Kier molecular flexibility index (Phi) is 3.31. The number of ether oxygens (including phenoxy) is 1. The Morgan fingerprint density at radius 2 is 2.24 bits per heavy atom. The fourth-order valence-electron chi connectivity index (χ4n) is 1.46. The maximum atomic E-state index is 13.7. The highest BCUT2D eigenvalue weighted by molar-refractivity contribution is 6.31. The maximum Gasteiger partial charge on any atom is 0.222 e. The molecule has 0 radical (unpaired) electrons. The summed E-state index contributed by atoms with van der Waals surface area (Å²) in [5.74, 6) is -0.284. The Bertz CT molecular complexity index is 519. The molecule has 2 aromatic rings. The van der Waals surface area contributed by atoms with Crippen molar-refractivity contribution < 1.29 is 13.7 Å². The quantitative estimate of drug-likeness (QED) is 0.917. The first-order valence-electron chi connectivity index (χ1n) is 4.81. The Morgan fingerprint density at radius 3 is 2.76 bits per heavy atom. The van der Waals surface area contributed by atoms with Crippen molar-refractivity contribution in [1.29, 1.82) is 0 Å².